The lowest BCUT2D eigenvalue weighted by molar-refractivity contribution is -0.362. The van der Waals surface area contributed by atoms with E-state index in [0.29, 0.717) is 12.0 Å². The van der Waals surface area contributed by atoms with Crippen LogP contribution in [0.15, 0.2) is 47.3 Å². The Labute approximate surface area is 328 Å². The third kappa shape index (κ3) is 11.5. The van der Waals surface area contributed by atoms with E-state index in [9.17, 15) is 30.3 Å². The summed E-state index contributed by atoms with van der Waals surface area (Å²) < 4.78 is 41.8. The fourth-order valence-electron chi connectivity index (χ4n) is 8.23. The monoisotopic (exact) mass is 782 g/mol. The van der Waals surface area contributed by atoms with Gasteiger partial charge in [-0.25, -0.2) is 4.79 Å². The summed E-state index contributed by atoms with van der Waals surface area (Å²) in [5.74, 6) is -5.08. The number of allylic oxidation sites excluding steroid dienone is 5. The first-order valence-electron chi connectivity index (χ1n) is 19.7. The van der Waals surface area contributed by atoms with Gasteiger partial charge in [0.05, 0.1) is 37.6 Å². The maximum Gasteiger partial charge on any atom is 0.373 e. The fourth-order valence-corrected chi connectivity index (χ4v) is 8.23. The van der Waals surface area contributed by atoms with Crippen LogP contribution in [0.1, 0.15) is 82.1 Å². The second-order valence-corrected chi connectivity index (χ2v) is 16.6. The maximum absolute atomic E-state index is 13.8. The minimum Gasteiger partial charge on any atom is -0.490 e. The zero-order valence-corrected chi connectivity index (χ0v) is 35.1. The van der Waals surface area contributed by atoms with Crippen molar-refractivity contribution in [3.63, 3.8) is 0 Å². The second-order valence-electron chi connectivity index (χ2n) is 16.6. The normalized spacial score (nSPS) is 43.8. The molecule has 0 aromatic rings. The van der Waals surface area contributed by atoms with Crippen LogP contribution < -0.4 is 0 Å². The van der Waals surface area contributed by atoms with Crippen LogP contribution in [0.4, 0.5) is 0 Å². The van der Waals surface area contributed by atoms with E-state index in [1.54, 1.807) is 32.9 Å². The molecular weight excluding hydrogens is 712 g/mol. The molecule has 3 aliphatic heterocycles. The summed E-state index contributed by atoms with van der Waals surface area (Å²) >= 11 is 0. The highest BCUT2D eigenvalue weighted by Crippen LogP contribution is 2.43. The van der Waals surface area contributed by atoms with Crippen LogP contribution in [-0.4, -0.2) is 126 Å². The summed E-state index contributed by atoms with van der Waals surface area (Å²) in [6, 6.07) is 0. The predicted octanol–water partition coefficient (Wildman–Crippen LogP) is 4.20. The van der Waals surface area contributed by atoms with Crippen LogP contribution in [0.25, 0.3) is 0 Å². The molecule has 5 N–H and O–H groups in total. The SMILES string of the molecule is CO/C1=C\C(C)=C\[C@@H](C)[C@@H](O)[C@@H](C)C/C(C)=C/C=C/[C@H](OC)[C@@H]([C@@H](C)[C@@H](O)[C@H](C)[C@@]2(O)C[C@@H](O[C@H]3O[C@@H](C)[C@H](O)[C@@H](O)[C@H]3OC)[C@H](C)[C@@H](C(C)C)O2)OC1=O. The molecule has 0 aliphatic carbocycles. The van der Waals surface area contributed by atoms with E-state index in [1.807, 2.05) is 66.7 Å². The van der Waals surface area contributed by atoms with Gasteiger partial charge in [0, 0.05) is 44.3 Å². The van der Waals surface area contributed by atoms with Crippen LogP contribution in [0.2, 0.25) is 0 Å². The first-order valence-corrected chi connectivity index (χ1v) is 19.7. The van der Waals surface area contributed by atoms with Gasteiger partial charge in [-0.3, -0.25) is 0 Å². The van der Waals surface area contributed by atoms with E-state index >= 15 is 0 Å². The minimum atomic E-state index is -1.92. The summed E-state index contributed by atoms with van der Waals surface area (Å²) in [6.45, 7) is 18.6. The number of aliphatic hydroxyl groups excluding tert-OH is 4. The fraction of sp³-hybridized carbons (Fsp3) is 0.786. The third-order valence-corrected chi connectivity index (χ3v) is 11.8. The minimum absolute atomic E-state index is 0.0363. The predicted molar refractivity (Wildman–Crippen MR) is 206 cm³/mol. The summed E-state index contributed by atoms with van der Waals surface area (Å²) in [6.07, 6.45) is -0.670. The molecule has 0 aromatic carbocycles. The highest BCUT2D eigenvalue weighted by Gasteiger charge is 2.54. The number of hydrogen-bond donors (Lipinski definition) is 5. The molecule has 13 heteroatoms. The van der Waals surface area contributed by atoms with Gasteiger partial charge >= 0.3 is 5.97 Å². The highest BCUT2D eigenvalue weighted by atomic mass is 16.7. The number of ether oxygens (including phenoxy) is 7. The molecule has 0 aromatic heterocycles. The Morgan fingerprint density at radius 1 is 0.927 bits per heavy atom. The molecule has 17 atom stereocenters. The topological polar surface area (TPSA) is 183 Å². The van der Waals surface area contributed by atoms with Crippen molar-refractivity contribution >= 4 is 5.97 Å². The van der Waals surface area contributed by atoms with Crippen molar-refractivity contribution in [3.05, 3.63) is 47.3 Å². The van der Waals surface area contributed by atoms with Gasteiger partial charge in [-0.2, -0.15) is 0 Å². The van der Waals surface area contributed by atoms with Crippen molar-refractivity contribution in [3.8, 4) is 0 Å². The molecule has 0 unspecified atom stereocenters. The van der Waals surface area contributed by atoms with Crippen molar-refractivity contribution < 1.29 is 63.5 Å². The second kappa shape index (κ2) is 20.5. The quantitative estimate of drug-likeness (QED) is 0.199. The van der Waals surface area contributed by atoms with Gasteiger partial charge in [-0.05, 0) is 45.1 Å². The number of methoxy groups -OCH3 is 3. The average Bonchev–Trinajstić information content (AvgIpc) is 3.13. The van der Waals surface area contributed by atoms with Crippen molar-refractivity contribution in [1.82, 2.24) is 0 Å². The number of rotatable bonds is 10. The summed E-state index contributed by atoms with van der Waals surface area (Å²) in [5, 5.41) is 56.6. The van der Waals surface area contributed by atoms with Crippen LogP contribution in [-0.2, 0) is 38.0 Å². The van der Waals surface area contributed by atoms with Crippen molar-refractivity contribution in [2.75, 3.05) is 21.3 Å². The molecule has 316 valence electrons. The Morgan fingerprint density at radius 2 is 1.58 bits per heavy atom. The van der Waals surface area contributed by atoms with Gasteiger partial charge in [0.25, 0.3) is 0 Å². The Hall–Kier alpha value is -2.17. The number of aliphatic hydroxyl groups is 5. The van der Waals surface area contributed by atoms with E-state index < -0.39 is 90.9 Å². The van der Waals surface area contributed by atoms with E-state index in [-0.39, 0.29) is 35.9 Å². The molecule has 0 bridgehead atoms. The number of cyclic esters (lactones) is 1. The van der Waals surface area contributed by atoms with E-state index in [1.165, 1.54) is 21.3 Å². The van der Waals surface area contributed by atoms with E-state index in [2.05, 4.69) is 0 Å². The smallest absolute Gasteiger partial charge is 0.373 e. The summed E-state index contributed by atoms with van der Waals surface area (Å²) in [7, 11) is 4.25. The Balaban J connectivity index is 2.00. The Kier molecular flexibility index (Phi) is 17.6. The molecule has 3 heterocycles. The molecule has 13 nitrogen and oxygen atoms in total. The van der Waals surface area contributed by atoms with Crippen LogP contribution in [0.5, 0.6) is 0 Å². The molecule has 2 fully saturated rings. The number of carbonyl (C=O) groups is 1. The highest BCUT2D eigenvalue weighted by molar-refractivity contribution is 5.87. The molecule has 0 radical (unpaired) electrons. The first kappa shape index (κ1) is 47.2. The summed E-state index contributed by atoms with van der Waals surface area (Å²) in [5.41, 5.74) is 1.73. The van der Waals surface area contributed by atoms with Gasteiger partial charge in [0.15, 0.2) is 12.1 Å². The van der Waals surface area contributed by atoms with Gasteiger partial charge in [-0.1, -0.05) is 83.9 Å². The average molecular weight is 783 g/mol. The van der Waals surface area contributed by atoms with Crippen molar-refractivity contribution in [2.24, 2.45) is 35.5 Å². The molecule has 3 rings (SSSR count). The zero-order chi connectivity index (χ0) is 41.5. The number of hydrogen-bond acceptors (Lipinski definition) is 13. The Bertz CT molecular complexity index is 1360. The molecule has 2 saturated heterocycles. The first-order chi connectivity index (χ1) is 25.7. The summed E-state index contributed by atoms with van der Waals surface area (Å²) in [4.78, 5) is 13.8. The molecular formula is C42H70O13. The van der Waals surface area contributed by atoms with Crippen LogP contribution in [0.3, 0.4) is 0 Å². The van der Waals surface area contributed by atoms with Gasteiger partial charge < -0.3 is 58.7 Å². The molecule has 0 amide bonds. The number of esters is 1. The number of carbonyl (C=O) groups excluding carboxylic acids is 1. The van der Waals surface area contributed by atoms with Crippen molar-refractivity contribution in [2.45, 2.75) is 155 Å². The largest absolute Gasteiger partial charge is 0.490 e. The van der Waals surface area contributed by atoms with Crippen LogP contribution >= 0.6 is 0 Å². The van der Waals surface area contributed by atoms with Gasteiger partial charge in [0.2, 0.25) is 5.76 Å². The van der Waals surface area contributed by atoms with Gasteiger partial charge in [0.1, 0.15) is 30.5 Å². The molecule has 0 saturated carbocycles. The molecule has 0 spiro atoms. The lowest BCUT2D eigenvalue weighted by atomic mass is 9.76. The molecule has 3 aliphatic rings. The standard InChI is InChI=1S/C42H70O13/c1-21(2)37-26(7)32(53-41-39(51-13)36(46)35(45)29(10)52-41)20-42(48,55-37)28(9)34(44)27(8)38-30(49-11)16-14-15-22(3)17-24(5)33(43)25(6)18-23(4)19-31(50-12)40(47)54-38/h14-16,18-19,21,24-30,32-39,41,43-46,48H,17,20H2,1-13H3/b16-14+,22-15+,23-18+,31-19-/t24-,25+,26-,27-,28-,29-,30-,32+,33-,34+,35-,36+,37+,38+,39+,41+,42+/m0/s1. The lowest BCUT2D eigenvalue weighted by Crippen LogP contribution is -2.62. The van der Waals surface area contributed by atoms with Gasteiger partial charge in [-0.15, -0.1) is 0 Å². The Morgan fingerprint density at radius 3 is 2.16 bits per heavy atom. The van der Waals surface area contributed by atoms with Crippen LogP contribution in [0, 0.1) is 35.5 Å². The molecule has 55 heavy (non-hydrogen) atoms. The maximum atomic E-state index is 13.8. The van der Waals surface area contributed by atoms with E-state index in [4.69, 9.17) is 33.2 Å². The van der Waals surface area contributed by atoms with Crippen molar-refractivity contribution in [1.29, 1.82) is 0 Å². The zero-order valence-electron chi connectivity index (χ0n) is 35.1. The van der Waals surface area contributed by atoms with E-state index in [0.717, 1.165) is 5.57 Å². The third-order valence-electron chi connectivity index (χ3n) is 11.8. The lowest BCUT2D eigenvalue weighted by Gasteiger charge is -2.51.